The fraction of sp³-hybridized carbons (Fsp3) is 0.273. The molecule has 0 radical (unpaired) electrons. The second-order valence-electron chi connectivity index (χ2n) is 7.08. The molecule has 0 unspecified atom stereocenters. The van der Waals surface area contributed by atoms with Crippen molar-refractivity contribution < 1.29 is 8.78 Å². The van der Waals surface area contributed by atoms with Gasteiger partial charge in [-0.05, 0) is 66.6 Å². The summed E-state index contributed by atoms with van der Waals surface area (Å²) in [5.41, 5.74) is 2.63. The highest BCUT2D eigenvalue weighted by atomic mass is 19.1. The van der Waals surface area contributed by atoms with Crippen molar-refractivity contribution in [2.75, 3.05) is 19.6 Å². The molecular formula is C22H21F2N3O. The zero-order chi connectivity index (χ0) is 19.5. The van der Waals surface area contributed by atoms with E-state index in [-0.39, 0.29) is 10.9 Å². The first-order chi connectivity index (χ1) is 13.6. The minimum absolute atomic E-state index is 0.121. The van der Waals surface area contributed by atoms with Crippen LogP contribution in [-0.2, 0) is 6.42 Å². The van der Waals surface area contributed by atoms with E-state index < -0.39 is 11.8 Å². The Kier molecular flexibility index (Phi) is 5.30. The smallest absolute Gasteiger partial charge is 0.258 e. The lowest BCUT2D eigenvalue weighted by atomic mass is 10.0. The number of fused-ring (bicyclic) bond motifs is 1. The highest BCUT2D eigenvalue weighted by molar-refractivity contribution is 5.82. The molecule has 0 fully saturated rings. The van der Waals surface area contributed by atoms with Crippen LogP contribution in [0.3, 0.4) is 0 Å². The lowest BCUT2D eigenvalue weighted by Crippen LogP contribution is -2.29. The quantitative estimate of drug-likeness (QED) is 0.682. The monoisotopic (exact) mass is 381 g/mol. The largest absolute Gasteiger partial charge is 0.326 e. The molecule has 0 spiro atoms. The predicted molar refractivity (Wildman–Crippen MR) is 106 cm³/mol. The molecule has 3 heterocycles. The van der Waals surface area contributed by atoms with E-state index in [0.717, 1.165) is 50.2 Å². The van der Waals surface area contributed by atoms with Crippen LogP contribution in [-0.4, -0.2) is 34.5 Å². The van der Waals surface area contributed by atoms with Gasteiger partial charge in [-0.2, -0.15) is 4.39 Å². The summed E-state index contributed by atoms with van der Waals surface area (Å²) >= 11 is 0. The Morgan fingerprint density at radius 1 is 1.18 bits per heavy atom. The molecule has 0 bridgehead atoms. The third kappa shape index (κ3) is 4.02. The van der Waals surface area contributed by atoms with Gasteiger partial charge >= 0.3 is 0 Å². The number of rotatable bonds is 5. The van der Waals surface area contributed by atoms with Crippen molar-refractivity contribution in [3.63, 3.8) is 0 Å². The third-order valence-corrected chi connectivity index (χ3v) is 5.19. The van der Waals surface area contributed by atoms with Crippen molar-refractivity contribution in [1.29, 1.82) is 0 Å². The van der Waals surface area contributed by atoms with Crippen LogP contribution >= 0.6 is 0 Å². The molecule has 1 aromatic carbocycles. The average Bonchev–Trinajstić information content (AvgIpc) is 2.69. The number of benzene rings is 1. The lowest BCUT2D eigenvalue weighted by molar-refractivity contribution is 0.297. The maximum atomic E-state index is 13.8. The Hall–Kier alpha value is -2.86. The van der Waals surface area contributed by atoms with Crippen LogP contribution in [0.5, 0.6) is 0 Å². The maximum absolute atomic E-state index is 13.8. The predicted octanol–water partition coefficient (Wildman–Crippen LogP) is 3.92. The second kappa shape index (κ2) is 8.02. The van der Waals surface area contributed by atoms with E-state index >= 15 is 0 Å². The molecule has 3 aromatic rings. The standard InChI is InChI=1S/C22H21F2N3O/c23-19-5-1-3-16-13-18(26-22(28)21(16)19)4-2-10-27-11-8-15(9-12-27)17-6-7-20(24)25-14-17/h1,3,5-8,13-14H,2,4,9-12H2,(H,26,28). The van der Waals surface area contributed by atoms with Crippen LogP contribution in [0.2, 0.25) is 0 Å². The van der Waals surface area contributed by atoms with Crippen molar-refractivity contribution in [3.05, 3.63) is 82.0 Å². The molecule has 144 valence electrons. The molecule has 0 aliphatic carbocycles. The maximum Gasteiger partial charge on any atom is 0.258 e. The molecule has 4 rings (SSSR count). The van der Waals surface area contributed by atoms with Gasteiger partial charge in [-0.15, -0.1) is 0 Å². The Balaban J connectivity index is 1.34. The second-order valence-corrected chi connectivity index (χ2v) is 7.08. The summed E-state index contributed by atoms with van der Waals surface area (Å²) in [6.07, 6.45) is 6.28. The summed E-state index contributed by atoms with van der Waals surface area (Å²) in [6.45, 7) is 2.68. The normalized spacial score (nSPS) is 15.0. The van der Waals surface area contributed by atoms with Gasteiger partial charge in [0, 0.05) is 25.0 Å². The number of hydrogen-bond acceptors (Lipinski definition) is 3. The van der Waals surface area contributed by atoms with Crippen molar-refractivity contribution in [3.8, 4) is 0 Å². The Morgan fingerprint density at radius 3 is 2.82 bits per heavy atom. The van der Waals surface area contributed by atoms with Gasteiger partial charge in [-0.3, -0.25) is 9.69 Å². The molecule has 6 heteroatoms. The SMILES string of the molecule is O=c1[nH]c(CCCN2CC=C(c3ccc(F)nc3)CC2)cc2cccc(F)c12. The summed E-state index contributed by atoms with van der Waals surface area (Å²) in [5.74, 6) is -0.950. The Morgan fingerprint density at radius 2 is 2.07 bits per heavy atom. The summed E-state index contributed by atoms with van der Waals surface area (Å²) in [5, 5.41) is 0.757. The van der Waals surface area contributed by atoms with Gasteiger partial charge < -0.3 is 4.98 Å². The molecule has 0 amide bonds. The fourth-order valence-corrected chi connectivity index (χ4v) is 3.70. The Bertz CT molecular complexity index is 1070. The van der Waals surface area contributed by atoms with Crippen LogP contribution in [0.25, 0.3) is 16.3 Å². The van der Waals surface area contributed by atoms with E-state index in [1.54, 1.807) is 24.4 Å². The first kappa shape index (κ1) is 18.5. The number of aromatic nitrogens is 2. The summed E-state index contributed by atoms with van der Waals surface area (Å²) in [6, 6.07) is 9.70. The fourth-order valence-electron chi connectivity index (χ4n) is 3.70. The number of hydrogen-bond donors (Lipinski definition) is 1. The van der Waals surface area contributed by atoms with Crippen LogP contribution in [0.15, 0.2) is 53.5 Å². The molecular weight excluding hydrogens is 360 g/mol. The summed E-state index contributed by atoms with van der Waals surface area (Å²) in [4.78, 5) is 21.0. The number of halogens is 2. The van der Waals surface area contributed by atoms with E-state index in [4.69, 9.17) is 0 Å². The van der Waals surface area contributed by atoms with Crippen molar-refractivity contribution >= 4 is 16.3 Å². The molecule has 1 N–H and O–H groups in total. The highest BCUT2D eigenvalue weighted by Gasteiger charge is 2.13. The number of H-pyrrole nitrogens is 1. The summed E-state index contributed by atoms with van der Waals surface area (Å²) < 4.78 is 26.7. The van der Waals surface area contributed by atoms with Crippen molar-refractivity contribution in [2.24, 2.45) is 0 Å². The van der Waals surface area contributed by atoms with Crippen LogP contribution < -0.4 is 5.56 Å². The van der Waals surface area contributed by atoms with Gasteiger partial charge in [0.15, 0.2) is 0 Å². The zero-order valence-corrected chi connectivity index (χ0v) is 15.4. The average molecular weight is 381 g/mol. The number of pyridine rings is 2. The molecule has 0 saturated heterocycles. The van der Waals surface area contributed by atoms with Crippen molar-refractivity contribution in [2.45, 2.75) is 19.3 Å². The molecule has 1 aliphatic heterocycles. The minimum Gasteiger partial charge on any atom is -0.326 e. The van der Waals surface area contributed by atoms with Gasteiger partial charge in [0.05, 0.1) is 5.39 Å². The first-order valence-corrected chi connectivity index (χ1v) is 9.44. The first-order valence-electron chi connectivity index (χ1n) is 9.44. The molecule has 0 atom stereocenters. The van der Waals surface area contributed by atoms with E-state index in [0.29, 0.717) is 5.39 Å². The molecule has 4 nitrogen and oxygen atoms in total. The number of aryl methyl sites for hydroxylation is 1. The van der Waals surface area contributed by atoms with E-state index in [1.807, 2.05) is 6.07 Å². The van der Waals surface area contributed by atoms with Gasteiger partial charge in [0.2, 0.25) is 5.95 Å². The van der Waals surface area contributed by atoms with Crippen LogP contribution in [0.1, 0.15) is 24.1 Å². The number of nitrogens with one attached hydrogen (secondary N) is 1. The zero-order valence-electron chi connectivity index (χ0n) is 15.4. The number of nitrogens with zero attached hydrogens (tertiary/aromatic N) is 2. The summed E-state index contributed by atoms with van der Waals surface area (Å²) in [7, 11) is 0. The Labute approximate surface area is 161 Å². The third-order valence-electron chi connectivity index (χ3n) is 5.19. The molecule has 28 heavy (non-hydrogen) atoms. The van der Waals surface area contributed by atoms with Gasteiger partial charge in [-0.25, -0.2) is 9.37 Å². The van der Waals surface area contributed by atoms with Crippen molar-refractivity contribution in [1.82, 2.24) is 14.9 Å². The van der Waals surface area contributed by atoms with Crippen LogP contribution in [0, 0.1) is 11.8 Å². The topological polar surface area (TPSA) is 49.0 Å². The van der Waals surface area contributed by atoms with Gasteiger partial charge in [0.25, 0.3) is 5.56 Å². The van der Waals surface area contributed by atoms with E-state index in [1.165, 1.54) is 17.7 Å². The van der Waals surface area contributed by atoms with Crippen LogP contribution in [0.4, 0.5) is 8.78 Å². The lowest BCUT2D eigenvalue weighted by Gasteiger charge is -2.26. The molecule has 1 aliphatic rings. The van der Waals surface area contributed by atoms with Gasteiger partial charge in [-0.1, -0.05) is 18.2 Å². The molecule has 0 saturated carbocycles. The highest BCUT2D eigenvalue weighted by Crippen LogP contribution is 2.22. The van der Waals surface area contributed by atoms with E-state index in [9.17, 15) is 13.6 Å². The van der Waals surface area contributed by atoms with Gasteiger partial charge in [0.1, 0.15) is 5.82 Å². The minimum atomic E-state index is -0.488. The number of aromatic amines is 1. The van der Waals surface area contributed by atoms with E-state index in [2.05, 4.69) is 20.9 Å². The molecule has 2 aromatic heterocycles.